The molecule has 1 heterocycles. The number of rotatable bonds is 6. The van der Waals surface area contributed by atoms with Gasteiger partial charge in [0.05, 0.1) is 15.2 Å². The van der Waals surface area contributed by atoms with Crippen molar-refractivity contribution in [3.63, 3.8) is 0 Å². The number of aromatic nitrogens is 1. The lowest BCUT2D eigenvalue weighted by Crippen LogP contribution is -2.02. The number of hydrogen-bond acceptors (Lipinski definition) is 2. The van der Waals surface area contributed by atoms with E-state index >= 15 is 0 Å². The highest BCUT2D eigenvalue weighted by Crippen LogP contribution is 2.28. The van der Waals surface area contributed by atoms with Crippen LogP contribution in [0.25, 0.3) is 10.2 Å². The molecule has 0 spiro atoms. The molecule has 1 nitrogen and oxygen atoms in total. The summed E-state index contributed by atoms with van der Waals surface area (Å²) < 4.78 is 1.21. The van der Waals surface area contributed by atoms with E-state index in [1.807, 2.05) is 18.2 Å². The van der Waals surface area contributed by atoms with Gasteiger partial charge in [-0.1, -0.05) is 51.1 Å². The van der Waals surface area contributed by atoms with Crippen LogP contribution < -0.4 is 0 Å². The first kappa shape index (κ1) is 13.8. The Bertz CT molecular complexity index is 506. The molecule has 2 aromatic rings. The molecule has 0 aliphatic carbocycles. The molecule has 0 saturated heterocycles. The van der Waals surface area contributed by atoms with Crippen LogP contribution >= 0.6 is 22.9 Å². The standard InChI is InChI=1S/C15H20ClNS/c1-3-5-6-11(4-2)9-15-17-13-8-7-12(16)10-14(13)18-15/h7-8,10-11H,3-6,9H2,1-2H3. The summed E-state index contributed by atoms with van der Waals surface area (Å²) in [5, 5.41) is 2.06. The van der Waals surface area contributed by atoms with E-state index in [0.717, 1.165) is 22.9 Å². The fourth-order valence-corrected chi connectivity index (χ4v) is 3.58. The maximum absolute atomic E-state index is 6.01. The second-order valence-corrected chi connectivity index (χ2v) is 6.39. The van der Waals surface area contributed by atoms with E-state index in [0.29, 0.717) is 0 Å². The van der Waals surface area contributed by atoms with Gasteiger partial charge in [-0.25, -0.2) is 4.98 Å². The molecule has 1 aromatic heterocycles. The topological polar surface area (TPSA) is 12.9 Å². The highest BCUT2D eigenvalue weighted by molar-refractivity contribution is 7.18. The van der Waals surface area contributed by atoms with Crippen molar-refractivity contribution >= 4 is 33.2 Å². The van der Waals surface area contributed by atoms with Crippen LogP contribution in [-0.4, -0.2) is 4.98 Å². The fourth-order valence-electron chi connectivity index (χ4n) is 2.22. The molecule has 0 fully saturated rings. The van der Waals surface area contributed by atoms with E-state index in [1.54, 1.807) is 11.3 Å². The van der Waals surface area contributed by atoms with Crippen LogP contribution in [0.3, 0.4) is 0 Å². The third-order valence-corrected chi connectivity index (χ3v) is 4.68. The molecule has 0 bridgehead atoms. The van der Waals surface area contributed by atoms with Gasteiger partial charge in [-0.2, -0.15) is 0 Å². The van der Waals surface area contributed by atoms with Crippen LogP contribution in [0.15, 0.2) is 18.2 Å². The summed E-state index contributed by atoms with van der Waals surface area (Å²) >= 11 is 7.80. The molecule has 18 heavy (non-hydrogen) atoms. The van der Waals surface area contributed by atoms with Crippen molar-refractivity contribution in [3.8, 4) is 0 Å². The zero-order valence-electron chi connectivity index (χ0n) is 11.1. The fraction of sp³-hybridized carbons (Fsp3) is 0.533. The van der Waals surface area contributed by atoms with E-state index in [1.165, 1.54) is 35.4 Å². The Kier molecular flexibility index (Phi) is 5.02. The van der Waals surface area contributed by atoms with Gasteiger partial charge in [0.15, 0.2) is 0 Å². The molecule has 0 N–H and O–H groups in total. The van der Waals surface area contributed by atoms with Gasteiger partial charge in [0, 0.05) is 11.4 Å². The second kappa shape index (κ2) is 6.53. The number of unbranched alkanes of at least 4 members (excludes halogenated alkanes) is 1. The number of hydrogen-bond donors (Lipinski definition) is 0. The van der Waals surface area contributed by atoms with Crippen LogP contribution in [0.1, 0.15) is 44.5 Å². The third-order valence-electron chi connectivity index (χ3n) is 3.40. The Hall–Kier alpha value is -0.600. The van der Waals surface area contributed by atoms with Crippen LogP contribution in [-0.2, 0) is 6.42 Å². The van der Waals surface area contributed by atoms with E-state index < -0.39 is 0 Å². The summed E-state index contributed by atoms with van der Waals surface area (Å²) in [6.45, 7) is 4.54. The van der Waals surface area contributed by atoms with Crippen molar-refractivity contribution in [1.29, 1.82) is 0 Å². The first-order valence-electron chi connectivity index (χ1n) is 6.77. The first-order valence-corrected chi connectivity index (χ1v) is 7.97. The van der Waals surface area contributed by atoms with Gasteiger partial charge >= 0.3 is 0 Å². The maximum Gasteiger partial charge on any atom is 0.0941 e. The van der Waals surface area contributed by atoms with Crippen LogP contribution in [0, 0.1) is 5.92 Å². The SMILES string of the molecule is CCCCC(CC)Cc1nc2ccc(Cl)cc2s1. The summed E-state index contributed by atoms with van der Waals surface area (Å²) in [4.78, 5) is 4.71. The predicted molar refractivity (Wildman–Crippen MR) is 81.6 cm³/mol. The van der Waals surface area contributed by atoms with E-state index in [4.69, 9.17) is 16.6 Å². The number of thiazole rings is 1. The summed E-state index contributed by atoms with van der Waals surface area (Å²) in [7, 11) is 0. The molecule has 1 atom stereocenters. The highest BCUT2D eigenvalue weighted by atomic mass is 35.5. The van der Waals surface area contributed by atoms with Gasteiger partial charge in [-0.05, 0) is 24.1 Å². The average molecular weight is 282 g/mol. The van der Waals surface area contributed by atoms with Gasteiger partial charge in [0.1, 0.15) is 0 Å². The molecule has 0 saturated carbocycles. The lowest BCUT2D eigenvalue weighted by Gasteiger charge is -2.11. The van der Waals surface area contributed by atoms with Crippen LogP contribution in [0.5, 0.6) is 0 Å². The van der Waals surface area contributed by atoms with Gasteiger partial charge in [0.25, 0.3) is 0 Å². The highest BCUT2D eigenvalue weighted by Gasteiger charge is 2.11. The van der Waals surface area contributed by atoms with Crippen LogP contribution in [0.4, 0.5) is 0 Å². The van der Waals surface area contributed by atoms with Gasteiger partial charge in [-0.15, -0.1) is 11.3 Å². The number of fused-ring (bicyclic) bond motifs is 1. The van der Waals surface area contributed by atoms with Gasteiger partial charge in [-0.3, -0.25) is 0 Å². The van der Waals surface area contributed by atoms with Gasteiger partial charge < -0.3 is 0 Å². The van der Waals surface area contributed by atoms with Gasteiger partial charge in [0.2, 0.25) is 0 Å². The molecule has 3 heteroatoms. The number of benzene rings is 1. The predicted octanol–water partition coefficient (Wildman–Crippen LogP) is 5.71. The average Bonchev–Trinajstić information content (AvgIpc) is 2.75. The molecule has 0 amide bonds. The minimum Gasteiger partial charge on any atom is -0.241 e. The third kappa shape index (κ3) is 3.46. The van der Waals surface area contributed by atoms with Crippen molar-refractivity contribution in [2.45, 2.75) is 46.0 Å². The van der Waals surface area contributed by atoms with E-state index in [-0.39, 0.29) is 0 Å². The van der Waals surface area contributed by atoms with Crippen molar-refractivity contribution in [3.05, 3.63) is 28.2 Å². The Morgan fingerprint density at radius 3 is 2.89 bits per heavy atom. The Morgan fingerprint density at radius 2 is 2.17 bits per heavy atom. The molecule has 0 aliphatic rings. The molecule has 1 aromatic carbocycles. The summed E-state index contributed by atoms with van der Waals surface area (Å²) in [5.74, 6) is 0.779. The zero-order chi connectivity index (χ0) is 13.0. The number of nitrogens with zero attached hydrogens (tertiary/aromatic N) is 1. The number of halogens is 1. The van der Waals surface area contributed by atoms with Crippen molar-refractivity contribution in [2.24, 2.45) is 5.92 Å². The summed E-state index contributed by atoms with van der Waals surface area (Å²) in [6.07, 6.45) is 6.30. The minimum absolute atomic E-state index is 0.779. The lowest BCUT2D eigenvalue weighted by atomic mass is 9.96. The Labute approximate surface area is 118 Å². The smallest absolute Gasteiger partial charge is 0.0941 e. The molecule has 2 rings (SSSR count). The Balaban J connectivity index is 2.10. The van der Waals surface area contributed by atoms with Crippen molar-refractivity contribution in [2.75, 3.05) is 0 Å². The maximum atomic E-state index is 6.01. The normalized spacial score (nSPS) is 13.1. The van der Waals surface area contributed by atoms with E-state index in [2.05, 4.69) is 13.8 Å². The summed E-state index contributed by atoms with van der Waals surface area (Å²) in [6, 6.07) is 5.96. The lowest BCUT2D eigenvalue weighted by molar-refractivity contribution is 0.449. The van der Waals surface area contributed by atoms with Crippen LogP contribution in [0.2, 0.25) is 5.02 Å². The summed E-state index contributed by atoms with van der Waals surface area (Å²) in [5.41, 5.74) is 1.09. The monoisotopic (exact) mass is 281 g/mol. The van der Waals surface area contributed by atoms with E-state index in [9.17, 15) is 0 Å². The zero-order valence-corrected chi connectivity index (χ0v) is 12.7. The molecular weight excluding hydrogens is 262 g/mol. The van der Waals surface area contributed by atoms with Crippen molar-refractivity contribution < 1.29 is 0 Å². The molecule has 1 unspecified atom stereocenters. The largest absolute Gasteiger partial charge is 0.241 e. The Morgan fingerprint density at radius 1 is 1.33 bits per heavy atom. The first-order chi connectivity index (χ1) is 8.72. The van der Waals surface area contributed by atoms with Crippen molar-refractivity contribution in [1.82, 2.24) is 4.98 Å². The molecule has 98 valence electrons. The molecular formula is C15H20ClNS. The quantitative estimate of drug-likeness (QED) is 0.661. The molecule has 0 radical (unpaired) electrons. The second-order valence-electron chi connectivity index (χ2n) is 4.84. The minimum atomic E-state index is 0.779. The molecule has 0 aliphatic heterocycles.